The largest absolute Gasteiger partial charge is 0.494 e. The zero-order valence-corrected chi connectivity index (χ0v) is 12.0. The van der Waals surface area contributed by atoms with Crippen LogP contribution in [0.5, 0.6) is 5.75 Å². The van der Waals surface area contributed by atoms with Gasteiger partial charge in [-0.15, -0.1) is 0 Å². The van der Waals surface area contributed by atoms with Crippen molar-refractivity contribution in [3.05, 3.63) is 29.6 Å². The Balaban J connectivity index is 2.88. The van der Waals surface area contributed by atoms with Crippen LogP contribution >= 0.6 is 0 Å². The first kappa shape index (κ1) is 15.0. The number of likely N-dealkylation sites (N-methyl/N-ethyl adjacent to an activating group) is 1. The fourth-order valence-corrected chi connectivity index (χ4v) is 2.12. The van der Waals surface area contributed by atoms with Gasteiger partial charge in [-0.3, -0.25) is 0 Å². The van der Waals surface area contributed by atoms with Crippen molar-refractivity contribution in [1.82, 2.24) is 5.32 Å². The van der Waals surface area contributed by atoms with Crippen LogP contribution in [0.25, 0.3) is 0 Å². The van der Waals surface area contributed by atoms with Crippen LogP contribution in [0.2, 0.25) is 0 Å². The van der Waals surface area contributed by atoms with Crippen LogP contribution in [-0.2, 0) is 6.42 Å². The lowest BCUT2D eigenvalue weighted by Gasteiger charge is -2.27. The number of rotatable bonds is 6. The summed E-state index contributed by atoms with van der Waals surface area (Å²) < 4.78 is 19.1. The molecule has 0 amide bonds. The molecule has 2 atom stereocenters. The molecule has 2 unspecified atom stereocenters. The van der Waals surface area contributed by atoms with Crippen LogP contribution < -0.4 is 10.1 Å². The molecular formula is C15H24FNO. The average molecular weight is 253 g/mol. The second-order valence-corrected chi connectivity index (χ2v) is 5.14. The van der Waals surface area contributed by atoms with Crippen molar-refractivity contribution in [2.75, 3.05) is 14.2 Å². The summed E-state index contributed by atoms with van der Waals surface area (Å²) in [4.78, 5) is 0. The van der Waals surface area contributed by atoms with Crippen molar-refractivity contribution < 1.29 is 9.13 Å². The first-order valence-electron chi connectivity index (χ1n) is 6.49. The van der Waals surface area contributed by atoms with Gasteiger partial charge in [0.2, 0.25) is 0 Å². The lowest BCUT2D eigenvalue weighted by molar-refractivity contribution is 0.306. The minimum absolute atomic E-state index is 0.240. The second kappa shape index (κ2) is 6.74. The van der Waals surface area contributed by atoms with Crippen LogP contribution in [0.1, 0.15) is 26.3 Å². The lowest BCUT2D eigenvalue weighted by Crippen LogP contribution is -2.36. The maximum atomic E-state index is 14.1. The van der Waals surface area contributed by atoms with Gasteiger partial charge < -0.3 is 10.1 Å². The molecule has 0 aromatic heterocycles. The van der Waals surface area contributed by atoms with Crippen molar-refractivity contribution >= 4 is 0 Å². The second-order valence-electron chi connectivity index (χ2n) is 5.14. The molecule has 0 aliphatic carbocycles. The van der Waals surface area contributed by atoms with E-state index in [1.807, 2.05) is 19.2 Å². The van der Waals surface area contributed by atoms with Gasteiger partial charge in [0.15, 0.2) is 11.6 Å². The van der Waals surface area contributed by atoms with Crippen molar-refractivity contribution in [3.63, 3.8) is 0 Å². The Bertz CT molecular complexity index is 379. The molecule has 0 aliphatic rings. The first-order valence-corrected chi connectivity index (χ1v) is 6.49. The summed E-state index contributed by atoms with van der Waals surface area (Å²) >= 11 is 0. The Hall–Kier alpha value is -1.09. The molecule has 1 aromatic carbocycles. The molecule has 0 heterocycles. The molecule has 1 N–H and O–H groups in total. The highest BCUT2D eigenvalue weighted by Gasteiger charge is 2.21. The Morgan fingerprint density at radius 3 is 2.44 bits per heavy atom. The van der Waals surface area contributed by atoms with E-state index < -0.39 is 0 Å². The average Bonchev–Trinajstić information content (AvgIpc) is 2.36. The number of methoxy groups -OCH3 is 1. The summed E-state index contributed by atoms with van der Waals surface area (Å²) in [5, 5.41) is 3.29. The van der Waals surface area contributed by atoms with Crippen molar-refractivity contribution in [1.29, 1.82) is 0 Å². The van der Waals surface area contributed by atoms with E-state index in [0.29, 0.717) is 29.6 Å². The van der Waals surface area contributed by atoms with E-state index in [1.54, 1.807) is 6.07 Å². The van der Waals surface area contributed by atoms with Gasteiger partial charge >= 0.3 is 0 Å². The smallest absolute Gasteiger partial charge is 0.168 e. The molecule has 0 saturated heterocycles. The summed E-state index contributed by atoms with van der Waals surface area (Å²) in [5.74, 6) is 1.13. The van der Waals surface area contributed by atoms with E-state index in [0.717, 1.165) is 0 Å². The summed E-state index contributed by atoms with van der Waals surface area (Å²) in [6, 6.07) is 5.59. The normalized spacial score (nSPS) is 14.6. The maximum Gasteiger partial charge on any atom is 0.168 e. The van der Waals surface area contributed by atoms with Crippen molar-refractivity contribution in [2.24, 2.45) is 11.8 Å². The Labute approximate surface area is 110 Å². The highest BCUT2D eigenvalue weighted by Crippen LogP contribution is 2.24. The zero-order valence-electron chi connectivity index (χ0n) is 12.0. The highest BCUT2D eigenvalue weighted by atomic mass is 19.1. The van der Waals surface area contributed by atoms with E-state index in [-0.39, 0.29) is 11.9 Å². The lowest BCUT2D eigenvalue weighted by atomic mass is 9.86. The minimum atomic E-state index is -0.240. The first-order chi connectivity index (χ1) is 8.51. The molecule has 1 rings (SSSR count). The van der Waals surface area contributed by atoms with E-state index in [2.05, 4.69) is 26.1 Å². The molecule has 18 heavy (non-hydrogen) atoms. The fourth-order valence-electron chi connectivity index (χ4n) is 2.12. The quantitative estimate of drug-likeness (QED) is 0.840. The Morgan fingerprint density at radius 2 is 1.94 bits per heavy atom. The van der Waals surface area contributed by atoms with Crippen LogP contribution in [0, 0.1) is 17.7 Å². The third-order valence-electron chi connectivity index (χ3n) is 3.76. The molecule has 3 heteroatoms. The van der Waals surface area contributed by atoms with Gasteiger partial charge in [-0.1, -0.05) is 32.9 Å². The third kappa shape index (κ3) is 3.45. The molecule has 1 aromatic rings. The van der Waals surface area contributed by atoms with E-state index in [9.17, 15) is 4.39 Å². The van der Waals surface area contributed by atoms with Crippen LogP contribution in [-0.4, -0.2) is 20.2 Å². The molecule has 2 nitrogen and oxygen atoms in total. The molecule has 0 bridgehead atoms. The van der Waals surface area contributed by atoms with Crippen LogP contribution in [0.4, 0.5) is 4.39 Å². The van der Waals surface area contributed by atoms with Gasteiger partial charge in [0, 0.05) is 6.04 Å². The summed E-state index contributed by atoms with van der Waals surface area (Å²) in [5.41, 5.74) is 0.709. The van der Waals surface area contributed by atoms with E-state index >= 15 is 0 Å². The number of halogens is 1. The molecule has 0 aliphatic heterocycles. The highest BCUT2D eigenvalue weighted by molar-refractivity contribution is 5.31. The monoisotopic (exact) mass is 253 g/mol. The fraction of sp³-hybridized carbons (Fsp3) is 0.600. The summed E-state index contributed by atoms with van der Waals surface area (Å²) in [7, 11) is 3.43. The zero-order chi connectivity index (χ0) is 13.7. The number of benzene rings is 1. The standard InChI is InChI=1S/C15H24FNO/c1-10(2)11(3)13(17-4)9-12-7-6-8-14(18-5)15(12)16/h6-8,10-11,13,17H,9H2,1-5H3. The Kier molecular flexibility index (Phi) is 5.60. The Morgan fingerprint density at radius 1 is 1.28 bits per heavy atom. The van der Waals surface area contributed by atoms with Crippen LogP contribution in [0.15, 0.2) is 18.2 Å². The van der Waals surface area contributed by atoms with Crippen LogP contribution in [0.3, 0.4) is 0 Å². The van der Waals surface area contributed by atoms with E-state index in [4.69, 9.17) is 4.74 Å². The summed E-state index contributed by atoms with van der Waals surface area (Å²) in [6.07, 6.45) is 0.679. The van der Waals surface area contributed by atoms with Gasteiger partial charge in [-0.25, -0.2) is 4.39 Å². The van der Waals surface area contributed by atoms with Gasteiger partial charge in [0.25, 0.3) is 0 Å². The number of hydrogen-bond acceptors (Lipinski definition) is 2. The van der Waals surface area contributed by atoms with E-state index in [1.165, 1.54) is 7.11 Å². The predicted molar refractivity (Wildman–Crippen MR) is 73.5 cm³/mol. The van der Waals surface area contributed by atoms with Gasteiger partial charge in [0.05, 0.1) is 7.11 Å². The summed E-state index contributed by atoms with van der Waals surface area (Å²) in [6.45, 7) is 6.58. The molecule has 102 valence electrons. The van der Waals surface area contributed by atoms with Crippen molar-refractivity contribution in [3.8, 4) is 5.75 Å². The SMILES string of the molecule is CNC(Cc1cccc(OC)c1F)C(C)C(C)C. The predicted octanol–water partition coefficient (Wildman–Crippen LogP) is 3.26. The molecule has 0 spiro atoms. The molecule has 0 radical (unpaired) electrons. The van der Waals surface area contributed by atoms with Gasteiger partial charge in [-0.2, -0.15) is 0 Å². The van der Waals surface area contributed by atoms with Gasteiger partial charge in [0.1, 0.15) is 0 Å². The molecule has 0 fully saturated rings. The topological polar surface area (TPSA) is 21.3 Å². The number of hydrogen-bond donors (Lipinski definition) is 1. The number of nitrogens with one attached hydrogen (secondary N) is 1. The van der Waals surface area contributed by atoms with Crippen molar-refractivity contribution in [2.45, 2.75) is 33.2 Å². The maximum absolute atomic E-state index is 14.1. The number of ether oxygens (including phenoxy) is 1. The minimum Gasteiger partial charge on any atom is -0.494 e. The van der Waals surface area contributed by atoms with Gasteiger partial charge in [-0.05, 0) is 36.9 Å². The third-order valence-corrected chi connectivity index (χ3v) is 3.76. The molecule has 0 saturated carbocycles. The molecular weight excluding hydrogens is 229 g/mol.